The normalized spacial score (nSPS) is 10.7. The molecule has 4 rings (SSSR count). The fourth-order valence-electron chi connectivity index (χ4n) is 3.15. The van der Waals surface area contributed by atoms with Crippen molar-refractivity contribution in [3.8, 4) is 33.8 Å². The fraction of sp³-hybridized carbons (Fsp3) is 0.0833. The third kappa shape index (κ3) is 3.27. The van der Waals surface area contributed by atoms with Gasteiger partial charge < -0.3 is 0 Å². The maximum atomic E-state index is 4.83. The monoisotopic (exact) mass is 336 g/mol. The Hall–Kier alpha value is -3.26. The number of aromatic nitrogens is 2. The SMILES string of the molecule is Cc1ccc(C)c(-c2cccc(-c3cccc(-c4ccccn4)n3)c2)c1. The second kappa shape index (κ2) is 6.93. The van der Waals surface area contributed by atoms with E-state index < -0.39 is 0 Å². The molecule has 0 saturated carbocycles. The number of rotatable bonds is 3. The Labute approximate surface area is 154 Å². The summed E-state index contributed by atoms with van der Waals surface area (Å²) >= 11 is 0. The number of hydrogen-bond acceptors (Lipinski definition) is 2. The Morgan fingerprint density at radius 2 is 1.38 bits per heavy atom. The van der Waals surface area contributed by atoms with Gasteiger partial charge in [-0.15, -0.1) is 0 Å². The van der Waals surface area contributed by atoms with E-state index in [1.165, 1.54) is 22.3 Å². The van der Waals surface area contributed by atoms with Gasteiger partial charge in [0.15, 0.2) is 0 Å². The summed E-state index contributed by atoms with van der Waals surface area (Å²) in [5, 5.41) is 0. The molecule has 26 heavy (non-hydrogen) atoms. The van der Waals surface area contributed by atoms with Crippen molar-refractivity contribution in [1.29, 1.82) is 0 Å². The Kier molecular flexibility index (Phi) is 4.32. The number of pyridine rings is 2. The summed E-state index contributed by atoms with van der Waals surface area (Å²) in [7, 11) is 0. The summed E-state index contributed by atoms with van der Waals surface area (Å²) < 4.78 is 0. The molecule has 0 saturated heterocycles. The van der Waals surface area contributed by atoms with E-state index in [9.17, 15) is 0 Å². The van der Waals surface area contributed by atoms with Gasteiger partial charge in [0, 0.05) is 11.8 Å². The Balaban J connectivity index is 1.77. The van der Waals surface area contributed by atoms with E-state index in [0.717, 1.165) is 22.6 Å². The lowest BCUT2D eigenvalue weighted by Crippen LogP contribution is -1.90. The Morgan fingerprint density at radius 1 is 0.615 bits per heavy atom. The number of aryl methyl sites for hydroxylation is 2. The first-order valence-corrected chi connectivity index (χ1v) is 8.77. The van der Waals surface area contributed by atoms with E-state index in [2.05, 4.69) is 67.4 Å². The van der Waals surface area contributed by atoms with Crippen molar-refractivity contribution < 1.29 is 0 Å². The van der Waals surface area contributed by atoms with Crippen LogP contribution in [0.2, 0.25) is 0 Å². The second-order valence-corrected chi connectivity index (χ2v) is 6.52. The molecular weight excluding hydrogens is 316 g/mol. The molecule has 2 heteroatoms. The highest BCUT2D eigenvalue weighted by Gasteiger charge is 2.07. The first-order chi connectivity index (χ1) is 12.7. The van der Waals surface area contributed by atoms with E-state index in [1.54, 1.807) is 6.20 Å². The quantitative estimate of drug-likeness (QED) is 0.452. The van der Waals surface area contributed by atoms with E-state index in [1.807, 2.05) is 30.3 Å². The summed E-state index contributed by atoms with van der Waals surface area (Å²) in [6, 6.07) is 27.1. The molecule has 0 fully saturated rings. The zero-order valence-electron chi connectivity index (χ0n) is 15.0. The van der Waals surface area contributed by atoms with Crippen LogP contribution in [0.4, 0.5) is 0 Å². The van der Waals surface area contributed by atoms with Gasteiger partial charge in [-0.3, -0.25) is 4.98 Å². The van der Waals surface area contributed by atoms with Crippen LogP contribution in [-0.4, -0.2) is 9.97 Å². The average Bonchev–Trinajstić information content (AvgIpc) is 2.71. The van der Waals surface area contributed by atoms with Crippen molar-refractivity contribution in [2.45, 2.75) is 13.8 Å². The molecule has 0 aliphatic carbocycles. The van der Waals surface area contributed by atoms with Crippen LogP contribution in [0.1, 0.15) is 11.1 Å². The van der Waals surface area contributed by atoms with Crippen LogP contribution in [0, 0.1) is 13.8 Å². The molecule has 0 amide bonds. The van der Waals surface area contributed by atoms with Crippen LogP contribution >= 0.6 is 0 Å². The Bertz CT molecular complexity index is 1050. The van der Waals surface area contributed by atoms with Gasteiger partial charge in [0.1, 0.15) is 0 Å². The number of hydrogen-bond donors (Lipinski definition) is 0. The van der Waals surface area contributed by atoms with Crippen LogP contribution in [0.5, 0.6) is 0 Å². The van der Waals surface area contributed by atoms with Crippen LogP contribution in [0.15, 0.2) is 85.1 Å². The molecule has 126 valence electrons. The van der Waals surface area contributed by atoms with Gasteiger partial charge in [-0.05, 0) is 60.9 Å². The van der Waals surface area contributed by atoms with Gasteiger partial charge in [-0.25, -0.2) is 4.98 Å². The van der Waals surface area contributed by atoms with Crippen molar-refractivity contribution in [1.82, 2.24) is 9.97 Å². The van der Waals surface area contributed by atoms with E-state index >= 15 is 0 Å². The lowest BCUT2D eigenvalue weighted by molar-refractivity contribution is 1.25. The van der Waals surface area contributed by atoms with Gasteiger partial charge in [0.25, 0.3) is 0 Å². The lowest BCUT2D eigenvalue weighted by Gasteiger charge is -2.10. The summed E-state index contributed by atoms with van der Waals surface area (Å²) in [4.78, 5) is 9.23. The van der Waals surface area contributed by atoms with Crippen molar-refractivity contribution in [3.63, 3.8) is 0 Å². The summed E-state index contributed by atoms with van der Waals surface area (Å²) in [5.74, 6) is 0. The first-order valence-electron chi connectivity index (χ1n) is 8.77. The van der Waals surface area contributed by atoms with Crippen molar-refractivity contribution in [2.24, 2.45) is 0 Å². The first kappa shape index (κ1) is 16.2. The highest BCUT2D eigenvalue weighted by molar-refractivity contribution is 5.74. The predicted octanol–water partition coefficient (Wildman–Crippen LogP) is 6.09. The molecule has 2 aromatic carbocycles. The molecule has 0 atom stereocenters. The number of nitrogens with zero attached hydrogens (tertiary/aromatic N) is 2. The molecule has 0 aliphatic rings. The van der Waals surface area contributed by atoms with Gasteiger partial charge in [0.2, 0.25) is 0 Å². The van der Waals surface area contributed by atoms with Crippen molar-refractivity contribution in [2.75, 3.05) is 0 Å². The minimum absolute atomic E-state index is 0.889. The maximum Gasteiger partial charge on any atom is 0.0893 e. The zero-order chi connectivity index (χ0) is 17.9. The van der Waals surface area contributed by atoms with Gasteiger partial charge >= 0.3 is 0 Å². The van der Waals surface area contributed by atoms with E-state index in [4.69, 9.17) is 4.98 Å². The topological polar surface area (TPSA) is 25.8 Å². The highest BCUT2D eigenvalue weighted by Crippen LogP contribution is 2.29. The standard InChI is InChI=1S/C24H20N2/c1-17-12-13-18(2)21(15-17)19-7-5-8-20(16-19)22-10-6-11-24(26-22)23-9-3-4-14-25-23/h3-16H,1-2H3. The van der Waals surface area contributed by atoms with Crippen LogP contribution in [-0.2, 0) is 0 Å². The molecule has 4 aromatic rings. The van der Waals surface area contributed by atoms with Crippen molar-refractivity contribution in [3.05, 3.63) is 96.2 Å². The molecule has 0 aliphatic heterocycles. The maximum absolute atomic E-state index is 4.83. The molecule has 2 aromatic heterocycles. The molecule has 0 unspecified atom stereocenters. The second-order valence-electron chi connectivity index (χ2n) is 6.52. The van der Waals surface area contributed by atoms with Crippen LogP contribution in [0.25, 0.3) is 33.8 Å². The zero-order valence-corrected chi connectivity index (χ0v) is 15.0. The summed E-state index contributed by atoms with van der Waals surface area (Å²) in [6.45, 7) is 4.28. The lowest BCUT2D eigenvalue weighted by atomic mass is 9.96. The average molecular weight is 336 g/mol. The van der Waals surface area contributed by atoms with Crippen LogP contribution < -0.4 is 0 Å². The van der Waals surface area contributed by atoms with Gasteiger partial charge in [-0.2, -0.15) is 0 Å². The molecular formula is C24H20N2. The molecule has 0 bridgehead atoms. The van der Waals surface area contributed by atoms with E-state index in [0.29, 0.717) is 0 Å². The van der Waals surface area contributed by atoms with Gasteiger partial charge in [0.05, 0.1) is 17.1 Å². The Morgan fingerprint density at radius 3 is 2.23 bits per heavy atom. The molecule has 2 nitrogen and oxygen atoms in total. The number of benzene rings is 2. The minimum atomic E-state index is 0.889. The molecule has 2 heterocycles. The predicted molar refractivity (Wildman–Crippen MR) is 108 cm³/mol. The van der Waals surface area contributed by atoms with Crippen LogP contribution in [0.3, 0.4) is 0 Å². The third-order valence-corrected chi connectivity index (χ3v) is 4.54. The largest absolute Gasteiger partial charge is 0.255 e. The molecule has 0 radical (unpaired) electrons. The summed E-state index contributed by atoms with van der Waals surface area (Å²) in [6.07, 6.45) is 1.80. The molecule has 0 spiro atoms. The molecule has 0 N–H and O–H groups in total. The van der Waals surface area contributed by atoms with Gasteiger partial charge in [-0.1, -0.05) is 54.1 Å². The minimum Gasteiger partial charge on any atom is -0.255 e. The fourth-order valence-corrected chi connectivity index (χ4v) is 3.15. The van der Waals surface area contributed by atoms with E-state index in [-0.39, 0.29) is 0 Å². The van der Waals surface area contributed by atoms with Crippen molar-refractivity contribution >= 4 is 0 Å². The third-order valence-electron chi connectivity index (χ3n) is 4.54. The summed E-state index contributed by atoms with van der Waals surface area (Å²) in [5.41, 5.74) is 8.89. The highest BCUT2D eigenvalue weighted by atomic mass is 14.8. The smallest absolute Gasteiger partial charge is 0.0893 e.